The largest absolute Gasteiger partial charge is 0.406 e. The molecule has 0 amide bonds. The number of nitrogens with zero attached hydrogens (tertiary/aromatic N) is 5. The third-order valence-corrected chi connectivity index (χ3v) is 5.76. The second-order valence-electron chi connectivity index (χ2n) is 5.90. The molecule has 3 rings (SSSR count). The van der Waals surface area contributed by atoms with Crippen molar-refractivity contribution >= 4 is 27.7 Å². The zero-order valence-corrected chi connectivity index (χ0v) is 15.0. The Bertz CT molecular complexity index is 915. The van der Waals surface area contributed by atoms with Gasteiger partial charge in [-0.3, -0.25) is 4.57 Å². The van der Waals surface area contributed by atoms with Gasteiger partial charge in [-0.05, 0) is 21.5 Å². The minimum absolute atomic E-state index is 0.215. The number of hydrogen-bond acceptors (Lipinski definition) is 6. The summed E-state index contributed by atoms with van der Waals surface area (Å²) in [4.78, 5) is 16.2. The van der Waals surface area contributed by atoms with Gasteiger partial charge in [0.05, 0.1) is 0 Å². The van der Waals surface area contributed by atoms with Crippen LogP contribution in [0.2, 0.25) is 0 Å². The van der Waals surface area contributed by atoms with Gasteiger partial charge in [0.2, 0.25) is 22.2 Å². The maximum absolute atomic E-state index is 12.5. The van der Waals surface area contributed by atoms with Crippen molar-refractivity contribution in [3.8, 4) is 0 Å². The Morgan fingerprint density at radius 1 is 1.15 bits per heavy atom. The first-order chi connectivity index (χ1) is 12.4. The molecule has 0 radical (unpaired) electrons. The Kier molecular flexibility index (Phi) is 5.05. The highest BCUT2D eigenvalue weighted by Gasteiger charge is 2.31. The number of piperazine rings is 1. The molecule has 1 aliphatic rings. The number of aryl methyl sites for hydroxylation is 1. The Balaban J connectivity index is 1.69. The summed E-state index contributed by atoms with van der Waals surface area (Å²) in [5.41, 5.74) is 0.806. The number of imidazole rings is 1. The Morgan fingerprint density at radius 3 is 2.42 bits per heavy atom. The van der Waals surface area contributed by atoms with Crippen LogP contribution in [-0.2, 0) is 17.1 Å². The van der Waals surface area contributed by atoms with Crippen LogP contribution in [0.4, 0.5) is 11.6 Å². The van der Waals surface area contributed by atoms with E-state index in [-0.39, 0.29) is 18.9 Å². The molecule has 26 heavy (non-hydrogen) atoms. The maximum Gasteiger partial charge on any atom is 0.406 e. The maximum atomic E-state index is 12.5. The van der Waals surface area contributed by atoms with Gasteiger partial charge in [0, 0.05) is 38.6 Å². The van der Waals surface area contributed by atoms with Gasteiger partial charge >= 0.3 is 5.82 Å². The lowest BCUT2D eigenvalue weighted by Gasteiger charge is -2.33. The molecular weight excluding hydrogens is 358 g/mol. The fourth-order valence-electron chi connectivity index (χ4n) is 2.87. The zero-order valence-electron chi connectivity index (χ0n) is 14.2. The molecule has 9 nitrogen and oxygen atoms in total. The lowest BCUT2D eigenvalue weighted by atomic mass is 10.2. The standard InChI is InChI=1S/C16H19N5O4S/c1-18-13-17-15(21(22)23)16(18)19-8-10-20(11-9-19)26(24,25)12-7-14-5-3-2-4-6-14/h2-7,12-13H,8-11H2,1H3/b12-7+. The number of rotatable bonds is 5. The van der Waals surface area contributed by atoms with Crippen molar-refractivity contribution in [2.75, 3.05) is 31.1 Å². The van der Waals surface area contributed by atoms with E-state index in [9.17, 15) is 18.5 Å². The van der Waals surface area contributed by atoms with E-state index in [1.54, 1.807) is 22.6 Å². The quantitative estimate of drug-likeness (QED) is 0.577. The molecule has 1 aromatic carbocycles. The van der Waals surface area contributed by atoms with E-state index < -0.39 is 14.9 Å². The van der Waals surface area contributed by atoms with Crippen LogP contribution in [-0.4, -0.2) is 53.4 Å². The summed E-state index contributed by atoms with van der Waals surface area (Å²) in [7, 11) is -1.86. The number of hydrogen-bond donors (Lipinski definition) is 0. The van der Waals surface area contributed by atoms with Crippen LogP contribution in [0, 0.1) is 10.1 Å². The van der Waals surface area contributed by atoms with Crippen molar-refractivity contribution in [2.45, 2.75) is 0 Å². The van der Waals surface area contributed by atoms with Gasteiger partial charge in [-0.1, -0.05) is 30.3 Å². The van der Waals surface area contributed by atoms with Crippen molar-refractivity contribution in [3.05, 3.63) is 57.7 Å². The highest BCUT2D eigenvalue weighted by Crippen LogP contribution is 2.27. The topological polar surface area (TPSA) is 102 Å². The summed E-state index contributed by atoms with van der Waals surface area (Å²) in [6, 6.07) is 9.19. The SMILES string of the molecule is Cn1cnc([N+](=O)[O-])c1N1CCN(S(=O)(=O)/C=C/c2ccccc2)CC1. The van der Waals surface area contributed by atoms with E-state index in [1.807, 2.05) is 30.3 Å². The Morgan fingerprint density at radius 2 is 1.81 bits per heavy atom. The van der Waals surface area contributed by atoms with Gasteiger partial charge in [0.1, 0.15) is 0 Å². The summed E-state index contributed by atoms with van der Waals surface area (Å²) < 4.78 is 27.9. The van der Waals surface area contributed by atoms with E-state index >= 15 is 0 Å². The molecule has 1 fully saturated rings. The second-order valence-corrected chi connectivity index (χ2v) is 7.72. The summed E-state index contributed by atoms with van der Waals surface area (Å²) in [6.07, 6.45) is 2.95. The third kappa shape index (κ3) is 3.75. The predicted molar refractivity (Wildman–Crippen MR) is 98.0 cm³/mol. The monoisotopic (exact) mass is 377 g/mol. The average Bonchev–Trinajstić information content (AvgIpc) is 3.03. The normalized spacial score (nSPS) is 16.3. The molecule has 1 saturated heterocycles. The number of benzene rings is 1. The molecule has 0 saturated carbocycles. The fraction of sp³-hybridized carbons (Fsp3) is 0.312. The van der Waals surface area contributed by atoms with Crippen molar-refractivity contribution in [1.29, 1.82) is 0 Å². The summed E-state index contributed by atoms with van der Waals surface area (Å²) in [5, 5.41) is 12.3. The summed E-state index contributed by atoms with van der Waals surface area (Å²) in [6.45, 7) is 1.23. The van der Waals surface area contributed by atoms with Crippen LogP contribution in [0.15, 0.2) is 42.1 Å². The van der Waals surface area contributed by atoms with Crippen molar-refractivity contribution < 1.29 is 13.3 Å². The molecule has 10 heteroatoms. The lowest BCUT2D eigenvalue weighted by molar-refractivity contribution is -0.388. The first kappa shape index (κ1) is 18.1. The molecule has 0 aliphatic carbocycles. The van der Waals surface area contributed by atoms with Gasteiger partial charge in [-0.25, -0.2) is 8.42 Å². The fourth-order valence-corrected chi connectivity index (χ4v) is 4.05. The minimum Gasteiger partial charge on any atom is -0.358 e. The predicted octanol–water partition coefficient (Wildman–Crippen LogP) is 1.45. The number of sulfonamides is 1. The van der Waals surface area contributed by atoms with Crippen molar-refractivity contribution in [2.24, 2.45) is 7.05 Å². The Labute approximate surface area is 151 Å². The molecule has 138 valence electrons. The van der Waals surface area contributed by atoms with Crippen molar-refractivity contribution in [1.82, 2.24) is 13.9 Å². The van der Waals surface area contributed by atoms with Gasteiger partial charge in [0.15, 0.2) is 0 Å². The smallest absolute Gasteiger partial charge is 0.358 e. The first-order valence-electron chi connectivity index (χ1n) is 8.02. The highest BCUT2D eigenvalue weighted by molar-refractivity contribution is 7.92. The van der Waals surface area contributed by atoms with Crippen LogP contribution in [0.3, 0.4) is 0 Å². The van der Waals surface area contributed by atoms with E-state index in [1.165, 1.54) is 16.0 Å². The minimum atomic E-state index is -3.54. The van der Waals surface area contributed by atoms with Gasteiger partial charge < -0.3 is 15.0 Å². The van der Waals surface area contributed by atoms with Crippen LogP contribution >= 0.6 is 0 Å². The highest BCUT2D eigenvalue weighted by atomic mass is 32.2. The molecule has 0 bridgehead atoms. The molecule has 2 aromatic rings. The lowest BCUT2D eigenvalue weighted by Crippen LogP contribution is -2.48. The molecule has 2 heterocycles. The van der Waals surface area contributed by atoms with Gasteiger partial charge in [-0.2, -0.15) is 4.31 Å². The van der Waals surface area contributed by atoms with E-state index in [0.717, 1.165) is 5.56 Å². The van der Waals surface area contributed by atoms with Crippen LogP contribution in [0.5, 0.6) is 0 Å². The zero-order chi connectivity index (χ0) is 18.7. The molecule has 0 unspecified atom stereocenters. The molecule has 0 spiro atoms. The molecular formula is C16H19N5O4S. The number of anilines is 1. The molecule has 1 aliphatic heterocycles. The van der Waals surface area contributed by atoms with E-state index in [4.69, 9.17) is 0 Å². The summed E-state index contributed by atoms with van der Waals surface area (Å²) >= 11 is 0. The Hall–Kier alpha value is -2.72. The molecule has 1 aromatic heterocycles. The van der Waals surface area contributed by atoms with Gasteiger partial charge in [-0.15, -0.1) is 0 Å². The molecule has 0 atom stereocenters. The molecule has 0 N–H and O–H groups in total. The van der Waals surface area contributed by atoms with E-state index in [0.29, 0.717) is 18.9 Å². The third-order valence-electron chi connectivity index (χ3n) is 4.19. The summed E-state index contributed by atoms with van der Waals surface area (Å²) in [5.74, 6) is 0.180. The van der Waals surface area contributed by atoms with Gasteiger partial charge in [0.25, 0.3) is 0 Å². The van der Waals surface area contributed by atoms with Crippen LogP contribution < -0.4 is 4.90 Å². The second kappa shape index (κ2) is 7.26. The first-order valence-corrected chi connectivity index (χ1v) is 9.53. The number of nitro groups is 1. The van der Waals surface area contributed by atoms with Crippen LogP contribution in [0.1, 0.15) is 5.56 Å². The van der Waals surface area contributed by atoms with Crippen molar-refractivity contribution in [3.63, 3.8) is 0 Å². The van der Waals surface area contributed by atoms with Crippen LogP contribution in [0.25, 0.3) is 6.08 Å². The average molecular weight is 377 g/mol. The number of aromatic nitrogens is 2. The van der Waals surface area contributed by atoms with E-state index in [2.05, 4.69) is 4.98 Å².